The Labute approximate surface area is 149 Å². The van der Waals surface area contributed by atoms with E-state index in [2.05, 4.69) is 32.7 Å². The lowest BCUT2D eigenvalue weighted by Gasteiger charge is -2.37. The number of likely N-dealkylation sites (tertiary alicyclic amines) is 1. The van der Waals surface area contributed by atoms with Gasteiger partial charge in [0.1, 0.15) is 4.88 Å². The molecule has 1 aromatic rings. The van der Waals surface area contributed by atoms with Crippen LogP contribution in [0.3, 0.4) is 0 Å². The van der Waals surface area contributed by atoms with Crippen molar-refractivity contribution in [1.29, 1.82) is 0 Å². The van der Waals surface area contributed by atoms with Crippen molar-refractivity contribution in [2.45, 2.75) is 52.0 Å². The largest absolute Gasteiger partial charge is 0.334 e. The number of nitrogens with zero attached hydrogens (tertiary/aromatic N) is 2. The third-order valence-electron chi connectivity index (χ3n) is 3.87. The molecule has 2 unspecified atom stereocenters. The van der Waals surface area contributed by atoms with Gasteiger partial charge in [0.05, 0.1) is 11.2 Å². The molecule has 2 heterocycles. The Morgan fingerprint density at radius 1 is 1.45 bits per heavy atom. The lowest BCUT2D eigenvalue weighted by Crippen LogP contribution is -2.49. The smallest absolute Gasteiger partial charge is 0.265 e. The first kappa shape index (κ1) is 21.6. The van der Waals surface area contributed by atoms with E-state index in [1.54, 1.807) is 6.20 Å². The highest BCUT2D eigenvalue weighted by Gasteiger charge is 2.31. The first-order valence-corrected chi connectivity index (χ1v) is 8.12. The van der Waals surface area contributed by atoms with Crippen LogP contribution in [0.25, 0.3) is 0 Å². The summed E-state index contributed by atoms with van der Waals surface area (Å²) in [5, 5.41) is 1.01. The fourth-order valence-electron chi connectivity index (χ4n) is 2.60. The summed E-state index contributed by atoms with van der Waals surface area (Å²) in [6.07, 6.45) is 3.79. The van der Waals surface area contributed by atoms with Crippen molar-refractivity contribution >= 4 is 42.1 Å². The number of aromatic nitrogens is 1. The van der Waals surface area contributed by atoms with Gasteiger partial charge in [0.2, 0.25) is 0 Å². The SMILES string of the molecule is CC1CCN(C(=O)c2cnc(C(C)(C)C)s2)C(CN)C1.Cl.Cl. The lowest BCUT2D eigenvalue weighted by molar-refractivity contribution is 0.0578. The number of thiazole rings is 1. The second-order valence-corrected chi connectivity index (χ2v) is 7.83. The van der Waals surface area contributed by atoms with Gasteiger partial charge in [-0.05, 0) is 18.8 Å². The normalized spacial score (nSPS) is 21.8. The van der Waals surface area contributed by atoms with E-state index in [-0.39, 0.29) is 42.2 Å². The molecule has 1 aliphatic rings. The predicted molar refractivity (Wildman–Crippen MR) is 97.6 cm³/mol. The van der Waals surface area contributed by atoms with E-state index in [1.807, 2.05) is 4.90 Å². The molecular formula is C15H27Cl2N3OS. The van der Waals surface area contributed by atoms with E-state index in [4.69, 9.17) is 5.73 Å². The van der Waals surface area contributed by atoms with E-state index in [0.717, 1.165) is 29.3 Å². The van der Waals surface area contributed by atoms with Crippen LogP contribution in [0.4, 0.5) is 0 Å². The monoisotopic (exact) mass is 367 g/mol. The van der Waals surface area contributed by atoms with Crippen LogP contribution in [0.2, 0.25) is 0 Å². The van der Waals surface area contributed by atoms with E-state index in [1.165, 1.54) is 11.3 Å². The fraction of sp³-hybridized carbons (Fsp3) is 0.733. The van der Waals surface area contributed by atoms with Crippen LogP contribution in [-0.2, 0) is 5.41 Å². The van der Waals surface area contributed by atoms with E-state index < -0.39 is 0 Å². The van der Waals surface area contributed by atoms with Gasteiger partial charge >= 0.3 is 0 Å². The second kappa shape index (κ2) is 8.48. The van der Waals surface area contributed by atoms with Crippen molar-refractivity contribution in [3.8, 4) is 0 Å². The Hall–Kier alpha value is -0.360. The summed E-state index contributed by atoms with van der Waals surface area (Å²) < 4.78 is 0. The molecule has 7 heteroatoms. The molecule has 2 rings (SSSR count). The number of nitrogens with two attached hydrogens (primary N) is 1. The Morgan fingerprint density at radius 3 is 2.59 bits per heavy atom. The molecule has 0 saturated carbocycles. The van der Waals surface area contributed by atoms with Crippen molar-refractivity contribution in [3.63, 3.8) is 0 Å². The molecule has 22 heavy (non-hydrogen) atoms. The molecule has 1 fully saturated rings. The molecule has 0 aliphatic carbocycles. The number of rotatable bonds is 2. The lowest BCUT2D eigenvalue weighted by atomic mass is 9.92. The molecule has 0 aromatic carbocycles. The van der Waals surface area contributed by atoms with Crippen LogP contribution in [0.15, 0.2) is 6.20 Å². The Bertz CT molecular complexity index is 487. The van der Waals surface area contributed by atoms with Gasteiger partial charge < -0.3 is 10.6 Å². The van der Waals surface area contributed by atoms with Crippen molar-refractivity contribution in [2.75, 3.05) is 13.1 Å². The average molecular weight is 368 g/mol. The first-order chi connectivity index (χ1) is 9.32. The Morgan fingerprint density at radius 2 is 2.09 bits per heavy atom. The summed E-state index contributed by atoms with van der Waals surface area (Å²) in [5.74, 6) is 0.750. The van der Waals surface area contributed by atoms with Crippen LogP contribution < -0.4 is 5.73 Å². The van der Waals surface area contributed by atoms with Crippen molar-refractivity contribution in [2.24, 2.45) is 11.7 Å². The Kier molecular flexibility index (Phi) is 8.34. The van der Waals surface area contributed by atoms with E-state index >= 15 is 0 Å². The number of halogens is 2. The topological polar surface area (TPSA) is 59.2 Å². The summed E-state index contributed by atoms with van der Waals surface area (Å²) >= 11 is 1.51. The highest BCUT2D eigenvalue weighted by Crippen LogP contribution is 2.29. The highest BCUT2D eigenvalue weighted by molar-refractivity contribution is 7.13. The van der Waals surface area contributed by atoms with Gasteiger partial charge in [0, 0.05) is 24.5 Å². The maximum Gasteiger partial charge on any atom is 0.265 e. The molecule has 0 radical (unpaired) electrons. The van der Waals surface area contributed by atoms with Crippen molar-refractivity contribution in [3.05, 3.63) is 16.1 Å². The van der Waals surface area contributed by atoms with Crippen LogP contribution in [0, 0.1) is 5.92 Å². The van der Waals surface area contributed by atoms with Gasteiger partial charge in [-0.2, -0.15) is 0 Å². The van der Waals surface area contributed by atoms with Crippen LogP contribution in [0.1, 0.15) is 55.2 Å². The molecule has 1 aliphatic heterocycles. The van der Waals surface area contributed by atoms with Gasteiger partial charge in [-0.25, -0.2) is 4.98 Å². The number of carbonyl (C=O) groups excluding carboxylic acids is 1. The predicted octanol–water partition coefficient (Wildman–Crippen LogP) is 3.48. The van der Waals surface area contributed by atoms with Gasteiger partial charge in [-0.15, -0.1) is 36.2 Å². The summed E-state index contributed by atoms with van der Waals surface area (Å²) in [4.78, 5) is 19.7. The molecule has 2 atom stereocenters. The molecule has 1 aromatic heterocycles. The first-order valence-electron chi connectivity index (χ1n) is 7.30. The maximum absolute atomic E-state index is 12.7. The summed E-state index contributed by atoms with van der Waals surface area (Å²) in [6.45, 7) is 9.93. The van der Waals surface area contributed by atoms with E-state index in [0.29, 0.717) is 12.5 Å². The fourth-order valence-corrected chi connectivity index (χ4v) is 3.53. The number of hydrogen-bond acceptors (Lipinski definition) is 4. The zero-order chi connectivity index (χ0) is 14.9. The molecule has 1 amide bonds. The zero-order valence-corrected chi connectivity index (χ0v) is 16.1. The minimum absolute atomic E-state index is 0. The third-order valence-corrected chi connectivity index (χ3v) is 5.28. The molecule has 1 saturated heterocycles. The van der Waals surface area contributed by atoms with Gasteiger partial charge in [0.15, 0.2) is 0 Å². The second-order valence-electron chi connectivity index (χ2n) is 6.80. The number of hydrogen-bond donors (Lipinski definition) is 1. The number of amides is 1. The number of carbonyl (C=O) groups is 1. The van der Waals surface area contributed by atoms with E-state index in [9.17, 15) is 4.79 Å². The van der Waals surface area contributed by atoms with Gasteiger partial charge in [0.25, 0.3) is 5.91 Å². The highest BCUT2D eigenvalue weighted by atomic mass is 35.5. The molecule has 0 bridgehead atoms. The Balaban J connectivity index is 0.00000220. The quantitative estimate of drug-likeness (QED) is 0.869. The minimum atomic E-state index is -0.00707. The summed E-state index contributed by atoms with van der Waals surface area (Å²) in [6, 6.07) is 0.173. The minimum Gasteiger partial charge on any atom is -0.334 e. The molecule has 2 N–H and O–H groups in total. The van der Waals surface area contributed by atoms with Gasteiger partial charge in [-0.1, -0.05) is 27.7 Å². The van der Waals surface area contributed by atoms with Gasteiger partial charge in [-0.3, -0.25) is 4.79 Å². The average Bonchev–Trinajstić information content (AvgIpc) is 2.87. The number of piperidine rings is 1. The zero-order valence-electron chi connectivity index (χ0n) is 13.7. The molecule has 4 nitrogen and oxygen atoms in total. The van der Waals surface area contributed by atoms with Crippen molar-refractivity contribution in [1.82, 2.24) is 9.88 Å². The van der Waals surface area contributed by atoms with Crippen LogP contribution >= 0.6 is 36.2 Å². The third kappa shape index (κ3) is 4.82. The standard InChI is InChI=1S/C15H25N3OS.2ClH/c1-10-5-6-18(11(7-10)8-16)13(19)12-9-17-14(20-12)15(2,3)4;;/h9-11H,5-8,16H2,1-4H3;2*1H. The van der Waals surface area contributed by atoms with Crippen LogP contribution in [-0.4, -0.2) is 34.9 Å². The van der Waals surface area contributed by atoms with Crippen molar-refractivity contribution < 1.29 is 4.79 Å². The van der Waals surface area contributed by atoms with Crippen LogP contribution in [0.5, 0.6) is 0 Å². The maximum atomic E-state index is 12.7. The summed E-state index contributed by atoms with van der Waals surface area (Å²) in [5.41, 5.74) is 5.83. The molecular weight excluding hydrogens is 341 g/mol. The molecule has 128 valence electrons. The summed E-state index contributed by atoms with van der Waals surface area (Å²) in [7, 11) is 0. The molecule has 0 spiro atoms.